The van der Waals surface area contributed by atoms with Crippen LogP contribution in [0.1, 0.15) is 12.5 Å². The van der Waals surface area contributed by atoms with Gasteiger partial charge in [-0.1, -0.05) is 6.07 Å². The minimum atomic E-state index is -0.523. The number of aliphatic hydroxyl groups excluding tert-OH is 1. The van der Waals surface area contributed by atoms with Gasteiger partial charge in [0.15, 0.2) is 11.5 Å². The van der Waals surface area contributed by atoms with Crippen molar-refractivity contribution in [1.82, 2.24) is 0 Å². The van der Waals surface area contributed by atoms with Crippen LogP contribution in [0.15, 0.2) is 18.2 Å². The summed E-state index contributed by atoms with van der Waals surface area (Å²) in [5, 5.41) is 9.63. The molecule has 4 nitrogen and oxygen atoms in total. The smallest absolute Gasteiger partial charge is 0.231 e. The first-order valence-corrected chi connectivity index (χ1v) is 4.99. The third-order valence-corrected chi connectivity index (χ3v) is 2.49. The summed E-state index contributed by atoms with van der Waals surface area (Å²) < 4.78 is 10.4. The Hall–Kier alpha value is -1.26. The molecule has 1 aliphatic heterocycles. The Kier molecular flexibility index (Phi) is 2.79. The molecule has 0 fully saturated rings. The molecule has 15 heavy (non-hydrogen) atoms. The van der Waals surface area contributed by atoms with Gasteiger partial charge in [-0.2, -0.15) is 0 Å². The molecule has 3 N–H and O–H groups in total. The van der Waals surface area contributed by atoms with Gasteiger partial charge in [-0.3, -0.25) is 0 Å². The number of ether oxygens (including phenoxy) is 2. The molecule has 2 rings (SSSR count). The highest BCUT2D eigenvalue weighted by molar-refractivity contribution is 5.44. The van der Waals surface area contributed by atoms with Crippen molar-refractivity contribution < 1.29 is 14.6 Å². The highest BCUT2D eigenvalue weighted by Crippen LogP contribution is 2.32. The Morgan fingerprint density at radius 2 is 2.13 bits per heavy atom. The summed E-state index contributed by atoms with van der Waals surface area (Å²) in [6, 6.07) is 5.42. The number of nitrogens with two attached hydrogens (primary N) is 1. The predicted octanol–water partition coefficient (Wildman–Crippen LogP) is 0.666. The predicted molar refractivity (Wildman–Crippen MR) is 55.9 cm³/mol. The minimum absolute atomic E-state index is 0.226. The van der Waals surface area contributed by atoms with Crippen LogP contribution in [-0.4, -0.2) is 24.0 Å². The van der Waals surface area contributed by atoms with Crippen molar-refractivity contribution >= 4 is 0 Å². The zero-order chi connectivity index (χ0) is 10.8. The van der Waals surface area contributed by atoms with Gasteiger partial charge in [0.05, 0.1) is 6.10 Å². The Morgan fingerprint density at radius 3 is 2.87 bits per heavy atom. The largest absolute Gasteiger partial charge is 0.454 e. The fraction of sp³-hybridized carbons (Fsp3) is 0.455. The quantitative estimate of drug-likeness (QED) is 0.767. The molecule has 0 spiro atoms. The van der Waals surface area contributed by atoms with Crippen LogP contribution in [0, 0.1) is 0 Å². The Morgan fingerprint density at radius 1 is 1.40 bits per heavy atom. The zero-order valence-corrected chi connectivity index (χ0v) is 8.64. The molecule has 1 aromatic carbocycles. The van der Waals surface area contributed by atoms with Gasteiger partial charge in [0.2, 0.25) is 6.79 Å². The maximum atomic E-state index is 9.63. The summed E-state index contributed by atoms with van der Waals surface area (Å²) in [6.07, 6.45) is 0.0132. The number of fused-ring (bicyclic) bond motifs is 1. The van der Waals surface area contributed by atoms with Crippen LogP contribution in [0.3, 0.4) is 0 Å². The molecule has 1 aliphatic rings. The van der Waals surface area contributed by atoms with Gasteiger partial charge < -0.3 is 20.3 Å². The average molecular weight is 209 g/mol. The molecule has 1 aromatic rings. The average Bonchev–Trinajstić information content (AvgIpc) is 2.64. The molecule has 0 radical (unpaired) electrons. The molecule has 1 heterocycles. The van der Waals surface area contributed by atoms with E-state index in [2.05, 4.69) is 0 Å². The fourth-order valence-corrected chi connectivity index (χ4v) is 1.50. The summed E-state index contributed by atoms with van der Waals surface area (Å²) in [7, 11) is 0. The maximum absolute atomic E-state index is 9.63. The third kappa shape index (κ3) is 2.22. The number of rotatable bonds is 3. The van der Waals surface area contributed by atoms with E-state index in [9.17, 15) is 5.11 Å². The second kappa shape index (κ2) is 4.08. The van der Waals surface area contributed by atoms with E-state index in [1.165, 1.54) is 0 Å². The Balaban J connectivity index is 2.10. The molecule has 0 aromatic heterocycles. The van der Waals surface area contributed by atoms with Crippen molar-refractivity contribution in [1.29, 1.82) is 0 Å². The van der Waals surface area contributed by atoms with Crippen LogP contribution < -0.4 is 15.2 Å². The minimum Gasteiger partial charge on any atom is -0.454 e. The van der Waals surface area contributed by atoms with Crippen molar-refractivity contribution in [2.45, 2.75) is 25.5 Å². The standard InChI is InChI=1S/C11H15NO3/c1-7(12)9(13)4-8-2-3-10-11(5-8)15-6-14-10/h2-3,5,7,9,13H,4,6,12H2,1H3. The van der Waals surface area contributed by atoms with E-state index in [1.54, 1.807) is 6.92 Å². The van der Waals surface area contributed by atoms with Gasteiger partial charge in [-0.05, 0) is 31.0 Å². The first-order chi connectivity index (χ1) is 7.16. The summed E-state index contributed by atoms with van der Waals surface area (Å²) in [5.74, 6) is 1.50. The van der Waals surface area contributed by atoms with Crippen LogP contribution in [0.4, 0.5) is 0 Å². The normalized spacial score (nSPS) is 17.5. The lowest BCUT2D eigenvalue weighted by Gasteiger charge is -2.14. The van der Waals surface area contributed by atoms with E-state index < -0.39 is 6.10 Å². The van der Waals surface area contributed by atoms with Gasteiger partial charge >= 0.3 is 0 Å². The van der Waals surface area contributed by atoms with E-state index >= 15 is 0 Å². The fourth-order valence-electron chi connectivity index (χ4n) is 1.50. The molecule has 0 saturated carbocycles. The first-order valence-electron chi connectivity index (χ1n) is 4.99. The lowest BCUT2D eigenvalue weighted by Crippen LogP contribution is -2.32. The van der Waals surface area contributed by atoms with E-state index in [4.69, 9.17) is 15.2 Å². The third-order valence-electron chi connectivity index (χ3n) is 2.49. The second-order valence-corrected chi connectivity index (χ2v) is 3.82. The molecule has 2 atom stereocenters. The van der Waals surface area contributed by atoms with Crippen molar-refractivity contribution in [3.63, 3.8) is 0 Å². The van der Waals surface area contributed by atoms with E-state index in [0.717, 1.165) is 17.1 Å². The SMILES string of the molecule is CC(N)C(O)Cc1ccc2c(c1)OCO2. The van der Waals surface area contributed by atoms with Crippen LogP contribution in [-0.2, 0) is 6.42 Å². The van der Waals surface area contributed by atoms with Gasteiger partial charge in [0.1, 0.15) is 0 Å². The van der Waals surface area contributed by atoms with Gasteiger partial charge in [-0.15, -0.1) is 0 Å². The summed E-state index contributed by atoms with van der Waals surface area (Å²) in [4.78, 5) is 0. The first kappa shape index (κ1) is 10.3. The van der Waals surface area contributed by atoms with Crippen molar-refractivity contribution in [2.75, 3.05) is 6.79 Å². The lowest BCUT2D eigenvalue weighted by atomic mass is 10.0. The highest BCUT2D eigenvalue weighted by atomic mass is 16.7. The zero-order valence-electron chi connectivity index (χ0n) is 8.64. The van der Waals surface area contributed by atoms with Crippen molar-refractivity contribution in [3.05, 3.63) is 23.8 Å². The number of hydrogen-bond donors (Lipinski definition) is 2. The maximum Gasteiger partial charge on any atom is 0.231 e. The van der Waals surface area contributed by atoms with Crippen LogP contribution >= 0.6 is 0 Å². The molecular weight excluding hydrogens is 194 g/mol. The van der Waals surface area contributed by atoms with Crippen molar-refractivity contribution in [2.24, 2.45) is 5.73 Å². The molecule has 0 aliphatic carbocycles. The van der Waals surface area contributed by atoms with Crippen LogP contribution in [0.5, 0.6) is 11.5 Å². The molecule has 0 saturated heterocycles. The van der Waals surface area contributed by atoms with E-state index in [1.807, 2.05) is 18.2 Å². The molecule has 4 heteroatoms. The van der Waals surface area contributed by atoms with E-state index in [0.29, 0.717) is 6.42 Å². The van der Waals surface area contributed by atoms with Gasteiger partial charge in [0, 0.05) is 6.04 Å². The molecular formula is C11H15NO3. The number of benzene rings is 1. The summed E-state index contributed by atoms with van der Waals surface area (Å²) in [6.45, 7) is 2.06. The lowest BCUT2D eigenvalue weighted by molar-refractivity contribution is 0.151. The number of hydrogen-bond acceptors (Lipinski definition) is 4. The topological polar surface area (TPSA) is 64.7 Å². The van der Waals surface area contributed by atoms with Crippen molar-refractivity contribution in [3.8, 4) is 11.5 Å². The monoisotopic (exact) mass is 209 g/mol. The molecule has 0 bridgehead atoms. The second-order valence-electron chi connectivity index (χ2n) is 3.82. The highest BCUT2D eigenvalue weighted by Gasteiger charge is 2.15. The van der Waals surface area contributed by atoms with Crippen LogP contribution in [0.25, 0.3) is 0 Å². The van der Waals surface area contributed by atoms with Gasteiger partial charge in [-0.25, -0.2) is 0 Å². The Bertz CT molecular complexity index is 352. The van der Waals surface area contributed by atoms with E-state index in [-0.39, 0.29) is 12.8 Å². The molecule has 2 unspecified atom stereocenters. The summed E-state index contributed by atoms with van der Waals surface area (Å²) in [5.41, 5.74) is 6.59. The number of aliphatic hydroxyl groups is 1. The molecule has 82 valence electrons. The Labute approximate surface area is 88.6 Å². The van der Waals surface area contributed by atoms with Crippen LogP contribution in [0.2, 0.25) is 0 Å². The van der Waals surface area contributed by atoms with Gasteiger partial charge in [0.25, 0.3) is 0 Å². The molecule has 0 amide bonds. The summed E-state index contributed by atoms with van der Waals surface area (Å²) >= 11 is 0.